The summed E-state index contributed by atoms with van der Waals surface area (Å²) in [4.78, 5) is 0. The van der Waals surface area contributed by atoms with Crippen molar-refractivity contribution in [3.05, 3.63) is 12.3 Å². The Hall–Kier alpha value is -0.500. The van der Waals surface area contributed by atoms with Crippen LogP contribution in [0.3, 0.4) is 0 Å². The molecule has 13 heavy (non-hydrogen) atoms. The second-order valence-electron chi connectivity index (χ2n) is 3.44. The lowest BCUT2D eigenvalue weighted by atomic mass is 10.1. The Kier molecular flexibility index (Phi) is 11.1. The van der Waals surface area contributed by atoms with Crippen LogP contribution in [0.15, 0.2) is 12.3 Å². The van der Waals surface area contributed by atoms with Crippen molar-refractivity contribution < 1.29 is 5.11 Å². The van der Waals surface area contributed by atoms with Crippen molar-refractivity contribution in [1.82, 2.24) is 0 Å². The molecule has 0 aliphatic rings. The number of nitrogens with two attached hydrogens (primary N) is 1. The molecule has 0 aromatic carbocycles. The summed E-state index contributed by atoms with van der Waals surface area (Å²) in [6.07, 6.45) is 12.9. The Labute approximate surface area is 81.8 Å². The Bertz CT molecular complexity index is 113. The van der Waals surface area contributed by atoms with Crippen LogP contribution in [0.2, 0.25) is 0 Å². The topological polar surface area (TPSA) is 46.2 Å². The van der Waals surface area contributed by atoms with E-state index in [0.717, 1.165) is 19.2 Å². The first-order valence-electron chi connectivity index (χ1n) is 5.41. The van der Waals surface area contributed by atoms with Crippen molar-refractivity contribution in [2.75, 3.05) is 6.54 Å². The largest absolute Gasteiger partial charge is 0.516 e. The van der Waals surface area contributed by atoms with Crippen molar-refractivity contribution >= 4 is 0 Å². The molecule has 0 saturated heterocycles. The van der Waals surface area contributed by atoms with E-state index in [1.54, 1.807) is 0 Å². The van der Waals surface area contributed by atoms with E-state index in [0.29, 0.717) is 0 Å². The van der Waals surface area contributed by atoms with E-state index in [-0.39, 0.29) is 0 Å². The van der Waals surface area contributed by atoms with Gasteiger partial charge in [0.1, 0.15) is 0 Å². The molecule has 0 unspecified atom stereocenters. The number of allylic oxidation sites excluding steroid dienone is 1. The second kappa shape index (κ2) is 11.5. The number of aliphatic hydroxyl groups is 1. The van der Waals surface area contributed by atoms with Gasteiger partial charge in [0.15, 0.2) is 0 Å². The highest BCUT2D eigenvalue weighted by molar-refractivity contribution is 4.70. The van der Waals surface area contributed by atoms with Crippen LogP contribution in [-0.4, -0.2) is 11.7 Å². The molecule has 0 amide bonds. The molecule has 0 aromatic rings. The molecule has 0 bridgehead atoms. The molecule has 2 heteroatoms. The fourth-order valence-electron chi connectivity index (χ4n) is 1.36. The molecule has 0 aliphatic heterocycles. The Morgan fingerprint density at radius 3 is 1.92 bits per heavy atom. The predicted octanol–water partition coefficient (Wildman–Crippen LogP) is 3.14. The highest BCUT2D eigenvalue weighted by Gasteiger charge is 1.89. The van der Waals surface area contributed by atoms with Gasteiger partial charge >= 0.3 is 0 Å². The average molecular weight is 185 g/mol. The van der Waals surface area contributed by atoms with Crippen LogP contribution in [0, 0.1) is 0 Å². The van der Waals surface area contributed by atoms with Gasteiger partial charge in [0.2, 0.25) is 0 Å². The quantitative estimate of drug-likeness (QED) is 0.428. The maximum absolute atomic E-state index is 8.37. The van der Waals surface area contributed by atoms with E-state index in [2.05, 4.69) is 0 Å². The van der Waals surface area contributed by atoms with Gasteiger partial charge in [0.05, 0.1) is 6.26 Å². The second-order valence-corrected chi connectivity index (χ2v) is 3.44. The number of hydrogen-bond acceptors (Lipinski definition) is 2. The Morgan fingerprint density at radius 1 is 0.846 bits per heavy atom. The first kappa shape index (κ1) is 12.5. The van der Waals surface area contributed by atoms with Crippen molar-refractivity contribution in [1.29, 1.82) is 0 Å². The molecule has 0 heterocycles. The highest BCUT2D eigenvalue weighted by atomic mass is 16.2. The summed E-state index contributed by atoms with van der Waals surface area (Å²) in [6.45, 7) is 0.835. The zero-order chi connectivity index (χ0) is 9.78. The number of unbranched alkanes of at least 4 members (excludes halogenated alkanes) is 7. The van der Waals surface area contributed by atoms with Crippen molar-refractivity contribution in [3.8, 4) is 0 Å². The van der Waals surface area contributed by atoms with Gasteiger partial charge in [-0.25, -0.2) is 0 Å². The fraction of sp³-hybridized carbons (Fsp3) is 0.818. The SMILES string of the molecule is NCCCCCCCCC/C=C/O. The zero-order valence-electron chi connectivity index (χ0n) is 8.54. The molecule has 78 valence electrons. The van der Waals surface area contributed by atoms with E-state index in [4.69, 9.17) is 10.8 Å². The minimum Gasteiger partial charge on any atom is -0.516 e. The van der Waals surface area contributed by atoms with E-state index in [9.17, 15) is 0 Å². The first-order chi connectivity index (χ1) is 6.41. The van der Waals surface area contributed by atoms with Crippen LogP contribution in [0.25, 0.3) is 0 Å². The smallest absolute Gasteiger partial charge is 0.0751 e. The Morgan fingerprint density at radius 2 is 1.38 bits per heavy atom. The third kappa shape index (κ3) is 11.5. The number of rotatable bonds is 9. The van der Waals surface area contributed by atoms with Gasteiger partial charge in [0, 0.05) is 0 Å². The molecular weight excluding hydrogens is 162 g/mol. The molecule has 0 saturated carbocycles. The molecule has 3 N–H and O–H groups in total. The van der Waals surface area contributed by atoms with Crippen LogP contribution in [0.1, 0.15) is 51.4 Å². The van der Waals surface area contributed by atoms with Crippen LogP contribution < -0.4 is 5.73 Å². The van der Waals surface area contributed by atoms with Crippen LogP contribution in [0.4, 0.5) is 0 Å². The lowest BCUT2D eigenvalue weighted by Gasteiger charge is -1.99. The monoisotopic (exact) mass is 185 g/mol. The number of aliphatic hydroxyl groups excluding tert-OH is 1. The summed E-state index contributed by atoms with van der Waals surface area (Å²) in [7, 11) is 0. The van der Waals surface area contributed by atoms with Crippen molar-refractivity contribution in [2.24, 2.45) is 5.73 Å². The first-order valence-corrected chi connectivity index (χ1v) is 5.41. The average Bonchev–Trinajstić information content (AvgIpc) is 2.16. The third-order valence-electron chi connectivity index (χ3n) is 2.18. The standard InChI is InChI=1S/C11H23NO/c12-10-8-6-4-2-1-3-5-7-9-11-13/h9,11,13H,1-8,10,12H2/b11-9+. The summed E-state index contributed by atoms with van der Waals surface area (Å²) < 4.78 is 0. The van der Waals surface area contributed by atoms with Crippen LogP contribution >= 0.6 is 0 Å². The minimum atomic E-state index is 0.835. The molecule has 0 aromatic heterocycles. The maximum atomic E-state index is 8.37. The van der Waals surface area contributed by atoms with E-state index in [1.165, 1.54) is 44.9 Å². The van der Waals surface area contributed by atoms with E-state index >= 15 is 0 Å². The molecule has 2 nitrogen and oxygen atoms in total. The molecule has 0 radical (unpaired) electrons. The molecule has 0 atom stereocenters. The van der Waals surface area contributed by atoms with Gasteiger partial charge in [0.25, 0.3) is 0 Å². The molecule has 0 aliphatic carbocycles. The normalized spacial score (nSPS) is 11.2. The highest BCUT2D eigenvalue weighted by Crippen LogP contribution is 2.08. The van der Waals surface area contributed by atoms with E-state index in [1.807, 2.05) is 6.08 Å². The van der Waals surface area contributed by atoms with Gasteiger partial charge in [-0.3, -0.25) is 0 Å². The number of hydrogen-bond donors (Lipinski definition) is 2. The Balaban J connectivity index is 2.83. The van der Waals surface area contributed by atoms with Crippen molar-refractivity contribution in [3.63, 3.8) is 0 Å². The summed E-state index contributed by atoms with van der Waals surface area (Å²) in [5.41, 5.74) is 5.39. The minimum absolute atomic E-state index is 0.835. The lowest BCUT2D eigenvalue weighted by molar-refractivity contribution is 0.469. The predicted molar refractivity (Wildman–Crippen MR) is 57.8 cm³/mol. The summed E-state index contributed by atoms with van der Waals surface area (Å²) in [5, 5.41) is 8.37. The molecule has 0 fully saturated rings. The molecular formula is C11H23NO. The van der Waals surface area contributed by atoms with Gasteiger partial charge in [-0.2, -0.15) is 0 Å². The summed E-state index contributed by atoms with van der Waals surface area (Å²) in [6, 6.07) is 0. The summed E-state index contributed by atoms with van der Waals surface area (Å²) >= 11 is 0. The lowest BCUT2D eigenvalue weighted by Crippen LogP contribution is -1.97. The van der Waals surface area contributed by atoms with Gasteiger partial charge in [-0.15, -0.1) is 0 Å². The van der Waals surface area contributed by atoms with Crippen molar-refractivity contribution in [2.45, 2.75) is 51.4 Å². The van der Waals surface area contributed by atoms with Gasteiger partial charge in [-0.1, -0.05) is 38.2 Å². The maximum Gasteiger partial charge on any atom is 0.0751 e. The van der Waals surface area contributed by atoms with E-state index < -0.39 is 0 Å². The van der Waals surface area contributed by atoms with Crippen LogP contribution in [0.5, 0.6) is 0 Å². The van der Waals surface area contributed by atoms with Gasteiger partial charge in [-0.05, 0) is 25.8 Å². The fourth-order valence-corrected chi connectivity index (χ4v) is 1.36. The molecule has 0 spiro atoms. The van der Waals surface area contributed by atoms with Gasteiger partial charge < -0.3 is 10.8 Å². The summed E-state index contributed by atoms with van der Waals surface area (Å²) in [5.74, 6) is 0. The zero-order valence-corrected chi connectivity index (χ0v) is 8.54. The third-order valence-corrected chi connectivity index (χ3v) is 2.18. The van der Waals surface area contributed by atoms with Crippen LogP contribution in [-0.2, 0) is 0 Å². The molecule has 0 rings (SSSR count).